The monoisotopic (exact) mass is 358 g/mol. The van der Waals surface area contributed by atoms with Crippen LogP contribution < -0.4 is 9.47 Å². The van der Waals surface area contributed by atoms with E-state index in [2.05, 4.69) is 26.0 Å². The van der Waals surface area contributed by atoms with Gasteiger partial charge in [-0.15, -0.1) is 0 Å². The minimum atomic E-state index is -0.335. The highest BCUT2D eigenvalue weighted by Gasteiger charge is 2.12. The number of benzene rings is 2. The lowest BCUT2D eigenvalue weighted by molar-refractivity contribution is -0.0909. The first-order valence-corrected chi connectivity index (χ1v) is 9.26. The van der Waals surface area contributed by atoms with E-state index in [-0.39, 0.29) is 12.9 Å². The first-order chi connectivity index (χ1) is 12.6. The molecule has 1 N–H and O–H groups in total. The lowest BCUT2D eigenvalue weighted by atomic mass is 9.99. The van der Waals surface area contributed by atoms with Gasteiger partial charge < -0.3 is 19.3 Å². The predicted molar refractivity (Wildman–Crippen MR) is 104 cm³/mol. The Morgan fingerprint density at radius 1 is 0.923 bits per heavy atom. The molecule has 0 saturated heterocycles. The third-order valence-corrected chi connectivity index (χ3v) is 4.67. The summed E-state index contributed by atoms with van der Waals surface area (Å²) in [6, 6.07) is 13.8. The van der Waals surface area contributed by atoms with Crippen molar-refractivity contribution >= 4 is 0 Å². The largest absolute Gasteiger partial charge is 0.497 e. The molecule has 0 aliphatic rings. The molecule has 0 amide bonds. The zero-order chi connectivity index (χ0) is 18.9. The lowest BCUT2D eigenvalue weighted by Gasteiger charge is -2.20. The van der Waals surface area contributed by atoms with Gasteiger partial charge in [-0.1, -0.05) is 39.0 Å². The number of aliphatic hydroxyl groups is 1. The summed E-state index contributed by atoms with van der Waals surface area (Å²) in [5.41, 5.74) is 3.05. The summed E-state index contributed by atoms with van der Waals surface area (Å²) >= 11 is 0. The Morgan fingerprint density at radius 3 is 2.19 bits per heavy atom. The zero-order valence-electron chi connectivity index (χ0n) is 16.2. The fraction of sp³-hybridized carbons (Fsp3) is 0.455. The molecule has 2 rings (SSSR count). The highest BCUT2D eigenvalue weighted by molar-refractivity contribution is 5.35. The molecule has 0 fully saturated rings. The fourth-order valence-corrected chi connectivity index (χ4v) is 2.70. The molecular formula is C22H30O4. The number of aliphatic hydroxyl groups excluding tert-OH is 1. The van der Waals surface area contributed by atoms with E-state index in [1.54, 1.807) is 7.11 Å². The van der Waals surface area contributed by atoms with E-state index in [4.69, 9.17) is 14.2 Å². The van der Waals surface area contributed by atoms with Gasteiger partial charge in [-0.05, 0) is 53.3 Å². The Kier molecular flexibility index (Phi) is 7.95. The van der Waals surface area contributed by atoms with Crippen LogP contribution in [0.15, 0.2) is 42.5 Å². The molecule has 0 radical (unpaired) electrons. The lowest BCUT2D eigenvalue weighted by Crippen LogP contribution is -2.19. The normalized spacial score (nSPS) is 13.3. The molecular weight excluding hydrogens is 328 g/mol. The van der Waals surface area contributed by atoms with Crippen molar-refractivity contribution < 1.29 is 19.3 Å². The van der Waals surface area contributed by atoms with Gasteiger partial charge >= 0.3 is 0 Å². The third kappa shape index (κ3) is 5.48. The molecule has 142 valence electrons. The Hall–Kier alpha value is -2.04. The van der Waals surface area contributed by atoms with Crippen molar-refractivity contribution in [2.24, 2.45) is 0 Å². The van der Waals surface area contributed by atoms with Crippen molar-refractivity contribution in [3.05, 3.63) is 59.2 Å². The van der Waals surface area contributed by atoms with E-state index in [1.165, 1.54) is 5.56 Å². The van der Waals surface area contributed by atoms with E-state index < -0.39 is 0 Å². The van der Waals surface area contributed by atoms with Crippen molar-refractivity contribution in [3.63, 3.8) is 0 Å². The summed E-state index contributed by atoms with van der Waals surface area (Å²) in [5.74, 6) is 2.08. The van der Waals surface area contributed by atoms with Gasteiger partial charge in [0.1, 0.15) is 11.5 Å². The van der Waals surface area contributed by atoms with Crippen molar-refractivity contribution in [3.8, 4) is 11.5 Å². The molecule has 0 bridgehead atoms. The smallest absolute Gasteiger partial charge is 0.199 e. The average molecular weight is 358 g/mol. The van der Waals surface area contributed by atoms with E-state index in [1.807, 2.05) is 37.3 Å². The van der Waals surface area contributed by atoms with E-state index in [0.29, 0.717) is 12.5 Å². The van der Waals surface area contributed by atoms with Crippen LogP contribution in [0.2, 0.25) is 0 Å². The molecule has 2 aromatic carbocycles. The summed E-state index contributed by atoms with van der Waals surface area (Å²) in [7, 11) is 1.61. The van der Waals surface area contributed by atoms with E-state index >= 15 is 0 Å². The Bertz CT molecular complexity index is 666. The third-order valence-electron chi connectivity index (χ3n) is 4.67. The number of hydrogen-bond donors (Lipinski definition) is 1. The highest BCUT2D eigenvalue weighted by atomic mass is 16.7. The molecule has 26 heavy (non-hydrogen) atoms. The maximum absolute atomic E-state index is 9.54. The molecule has 0 aliphatic carbocycles. The molecule has 0 heterocycles. The van der Waals surface area contributed by atoms with Crippen LogP contribution in [-0.2, 0) is 18.0 Å². The quantitative estimate of drug-likeness (QED) is 0.605. The second-order valence-electron chi connectivity index (χ2n) is 6.44. The maximum atomic E-state index is 9.54. The second-order valence-corrected chi connectivity index (χ2v) is 6.44. The van der Waals surface area contributed by atoms with Gasteiger partial charge in [0.15, 0.2) is 6.29 Å². The molecule has 0 spiro atoms. The van der Waals surface area contributed by atoms with Crippen molar-refractivity contribution in [2.75, 3.05) is 7.11 Å². The highest BCUT2D eigenvalue weighted by Crippen LogP contribution is 2.23. The van der Waals surface area contributed by atoms with Crippen molar-refractivity contribution in [1.29, 1.82) is 0 Å². The topological polar surface area (TPSA) is 47.9 Å². The van der Waals surface area contributed by atoms with Crippen molar-refractivity contribution in [1.82, 2.24) is 0 Å². The number of ether oxygens (including phenoxy) is 3. The molecule has 0 aliphatic heterocycles. The van der Waals surface area contributed by atoms with Crippen LogP contribution in [0.3, 0.4) is 0 Å². The number of methoxy groups -OCH3 is 1. The van der Waals surface area contributed by atoms with Crippen LogP contribution in [0, 0.1) is 0 Å². The first-order valence-electron chi connectivity index (χ1n) is 9.26. The van der Waals surface area contributed by atoms with Crippen LogP contribution >= 0.6 is 0 Å². The Morgan fingerprint density at radius 2 is 1.62 bits per heavy atom. The van der Waals surface area contributed by atoms with Crippen LogP contribution in [-0.4, -0.2) is 18.5 Å². The standard InChI is InChI=1S/C22H30O4/c1-5-16(3)17-7-10-20(11-8-17)26-22(6-2)25-15-18-9-12-21(24-4)13-19(18)14-23/h7-13,16,22-23H,5-6,14-15H2,1-4H3. The van der Waals surface area contributed by atoms with E-state index in [0.717, 1.165) is 35.5 Å². The van der Waals surface area contributed by atoms with Gasteiger partial charge in [0, 0.05) is 6.42 Å². The molecule has 2 aromatic rings. The van der Waals surface area contributed by atoms with Crippen molar-refractivity contribution in [2.45, 2.75) is 59.0 Å². The van der Waals surface area contributed by atoms with Gasteiger partial charge in [0.2, 0.25) is 0 Å². The summed E-state index contributed by atoms with van der Waals surface area (Å²) in [4.78, 5) is 0. The zero-order valence-corrected chi connectivity index (χ0v) is 16.2. The van der Waals surface area contributed by atoms with Crippen LogP contribution in [0.4, 0.5) is 0 Å². The van der Waals surface area contributed by atoms with E-state index in [9.17, 15) is 5.11 Å². The predicted octanol–water partition coefficient (Wildman–Crippen LogP) is 5.03. The summed E-state index contributed by atoms with van der Waals surface area (Å²) < 4.78 is 17.1. The van der Waals surface area contributed by atoms with Gasteiger partial charge in [-0.25, -0.2) is 0 Å². The second kappa shape index (κ2) is 10.2. The Labute approximate surface area is 156 Å². The summed E-state index contributed by atoms with van der Waals surface area (Å²) in [6.07, 6.45) is 1.52. The molecule has 0 saturated carbocycles. The average Bonchev–Trinajstić information content (AvgIpc) is 2.70. The minimum absolute atomic E-state index is 0.0510. The molecule has 4 nitrogen and oxygen atoms in total. The van der Waals surface area contributed by atoms with Gasteiger partial charge in [0.05, 0.1) is 20.3 Å². The summed E-state index contributed by atoms with van der Waals surface area (Å²) in [6.45, 7) is 6.77. The molecule has 4 heteroatoms. The van der Waals surface area contributed by atoms with Crippen LogP contribution in [0.5, 0.6) is 11.5 Å². The first kappa shape index (κ1) is 20.3. The fourth-order valence-electron chi connectivity index (χ4n) is 2.70. The molecule has 0 aromatic heterocycles. The van der Waals surface area contributed by atoms with Gasteiger partial charge in [-0.3, -0.25) is 0 Å². The van der Waals surface area contributed by atoms with Crippen LogP contribution in [0.1, 0.15) is 56.2 Å². The summed E-state index contributed by atoms with van der Waals surface area (Å²) in [5, 5.41) is 9.54. The minimum Gasteiger partial charge on any atom is -0.497 e. The molecule has 2 atom stereocenters. The number of rotatable bonds is 10. The molecule has 2 unspecified atom stereocenters. The Balaban J connectivity index is 1.97. The SMILES string of the molecule is CCC(OCc1ccc(OC)cc1CO)Oc1ccc(C(C)CC)cc1. The number of hydrogen-bond acceptors (Lipinski definition) is 4. The van der Waals surface area contributed by atoms with Crippen LogP contribution in [0.25, 0.3) is 0 Å². The maximum Gasteiger partial charge on any atom is 0.199 e. The van der Waals surface area contributed by atoms with Gasteiger partial charge in [0.25, 0.3) is 0 Å². The van der Waals surface area contributed by atoms with Gasteiger partial charge in [-0.2, -0.15) is 0 Å².